The largest absolute Gasteiger partial charge is 0.543 e. The van der Waals surface area contributed by atoms with Crippen LogP contribution in [0.5, 0.6) is 0 Å². The number of rotatable bonds is 8. The summed E-state index contributed by atoms with van der Waals surface area (Å²) in [7, 11) is -6.05. The first-order chi connectivity index (χ1) is 15.8. The molecule has 0 aliphatic heterocycles. The monoisotopic (exact) mass is 493 g/mol. The Hall–Kier alpha value is -2.83. The number of nitrogens with zero attached hydrogens (tertiary/aromatic N) is 1. The van der Waals surface area contributed by atoms with Crippen LogP contribution in [0.2, 0.25) is 18.1 Å². The lowest BCUT2D eigenvalue weighted by Crippen LogP contribution is -2.40. The van der Waals surface area contributed by atoms with Crippen molar-refractivity contribution in [2.75, 3.05) is 10.8 Å². The topological polar surface area (TPSA) is 46.6 Å². The zero-order valence-electron chi connectivity index (χ0n) is 21.1. The molecule has 0 atom stereocenters. The van der Waals surface area contributed by atoms with E-state index in [1.807, 2.05) is 43.3 Å². The van der Waals surface area contributed by atoms with Crippen LogP contribution in [0.25, 0.3) is 16.5 Å². The molecule has 0 fully saturated rings. The van der Waals surface area contributed by atoms with E-state index in [0.29, 0.717) is 17.0 Å². The minimum absolute atomic E-state index is 0.0261. The summed E-state index contributed by atoms with van der Waals surface area (Å²) in [5, 5.41) is 1.91. The molecule has 0 unspecified atom stereocenters. The van der Waals surface area contributed by atoms with Gasteiger partial charge in [-0.1, -0.05) is 75.4 Å². The molecular formula is C28H35NO3SSi. The number of aryl methyl sites for hydroxylation is 1. The van der Waals surface area contributed by atoms with Gasteiger partial charge < -0.3 is 4.43 Å². The maximum atomic E-state index is 13.8. The molecule has 0 saturated carbocycles. The Balaban J connectivity index is 2.23. The van der Waals surface area contributed by atoms with Gasteiger partial charge in [-0.2, -0.15) is 0 Å². The molecule has 0 radical (unpaired) electrons. The molecule has 3 aromatic carbocycles. The van der Waals surface area contributed by atoms with Crippen LogP contribution >= 0.6 is 0 Å². The van der Waals surface area contributed by atoms with Crippen molar-refractivity contribution in [2.45, 2.75) is 50.7 Å². The Labute approximate surface area is 205 Å². The van der Waals surface area contributed by atoms with E-state index in [9.17, 15) is 8.42 Å². The van der Waals surface area contributed by atoms with Gasteiger partial charge in [0, 0.05) is 5.56 Å². The van der Waals surface area contributed by atoms with E-state index in [0.717, 1.165) is 16.3 Å². The van der Waals surface area contributed by atoms with Gasteiger partial charge >= 0.3 is 0 Å². The SMILES string of the molecule is C=CCN(c1cc2ccccc2cc1C(=C)O[Si](C)(C)C(C)(C)C)S(=O)(=O)c1ccc(C)cc1. The van der Waals surface area contributed by atoms with Crippen LogP contribution in [0.15, 0.2) is 84.8 Å². The highest BCUT2D eigenvalue weighted by atomic mass is 32.2. The van der Waals surface area contributed by atoms with Crippen molar-refractivity contribution in [1.29, 1.82) is 0 Å². The molecule has 180 valence electrons. The number of anilines is 1. The fraction of sp³-hybridized carbons (Fsp3) is 0.286. The van der Waals surface area contributed by atoms with Crippen molar-refractivity contribution in [3.8, 4) is 0 Å². The molecule has 0 aromatic heterocycles. The highest BCUT2D eigenvalue weighted by Crippen LogP contribution is 2.42. The summed E-state index contributed by atoms with van der Waals surface area (Å²) in [6.07, 6.45) is 1.60. The third kappa shape index (κ3) is 5.13. The fourth-order valence-corrected chi connectivity index (χ4v) is 5.93. The Morgan fingerprint density at radius 2 is 1.59 bits per heavy atom. The van der Waals surface area contributed by atoms with E-state index in [4.69, 9.17) is 4.43 Å². The maximum Gasteiger partial charge on any atom is 0.264 e. The molecule has 0 heterocycles. The molecule has 0 saturated heterocycles. The zero-order chi connectivity index (χ0) is 25.3. The van der Waals surface area contributed by atoms with Crippen LogP contribution in [-0.4, -0.2) is 23.3 Å². The molecular weight excluding hydrogens is 458 g/mol. The highest BCUT2D eigenvalue weighted by Gasteiger charge is 2.40. The molecule has 4 nitrogen and oxygen atoms in total. The van der Waals surface area contributed by atoms with Gasteiger partial charge in [0.05, 0.1) is 17.1 Å². The van der Waals surface area contributed by atoms with Gasteiger partial charge in [-0.15, -0.1) is 6.58 Å². The predicted octanol–water partition coefficient (Wildman–Crippen LogP) is 7.52. The average molecular weight is 494 g/mol. The zero-order valence-corrected chi connectivity index (χ0v) is 22.9. The van der Waals surface area contributed by atoms with Gasteiger partial charge in [-0.3, -0.25) is 4.31 Å². The summed E-state index contributed by atoms with van der Waals surface area (Å²) >= 11 is 0. The summed E-state index contributed by atoms with van der Waals surface area (Å²) in [4.78, 5) is 0.231. The molecule has 34 heavy (non-hydrogen) atoms. The van der Waals surface area contributed by atoms with Crippen LogP contribution < -0.4 is 4.31 Å². The van der Waals surface area contributed by atoms with Gasteiger partial charge in [0.15, 0.2) is 0 Å². The predicted molar refractivity (Wildman–Crippen MR) is 147 cm³/mol. The van der Waals surface area contributed by atoms with Crippen LogP contribution in [0.3, 0.4) is 0 Å². The van der Waals surface area contributed by atoms with Crippen molar-refractivity contribution in [3.05, 3.63) is 91.0 Å². The summed E-state index contributed by atoms with van der Waals surface area (Å²) in [5.41, 5.74) is 2.20. The first kappa shape index (κ1) is 25.8. The second kappa shape index (κ2) is 9.43. The minimum atomic E-state index is -3.85. The highest BCUT2D eigenvalue weighted by molar-refractivity contribution is 7.92. The lowest BCUT2D eigenvalue weighted by Gasteiger charge is -2.38. The van der Waals surface area contributed by atoms with E-state index in [1.165, 1.54) is 4.31 Å². The third-order valence-corrected chi connectivity index (χ3v) is 12.7. The quantitative estimate of drug-likeness (QED) is 0.185. The van der Waals surface area contributed by atoms with E-state index >= 15 is 0 Å². The van der Waals surface area contributed by atoms with Crippen molar-refractivity contribution >= 4 is 40.6 Å². The second-order valence-electron chi connectivity index (χ2n) is 10.1. The van der Waals surface area contributed by atoms with Gasteiger partial charge in [0.2, 0.25) is 8.32 Å². The number of benzene rings is 3. The smallest absolute Gasteiger partial charge is 0.264 e. The second-order valence-corrected chi connectivity index (χ2v) is 16.7. The number of sulfonamides is 1. The van der Waals surface area contributed by atoms with Crippen molar-refractivity contribution in [1.82, 2.24) is 0 Å². The van der Waals surface area contributed by atoms with Gasteiger partial charge in [0.25, 0.3) is 10.0 Å². The Morgan fingerprint density at radius 1 is 1.03 bits per heavy atom. The molecule has 3 aromatic rings. The summed E-state index contributed by atoms with van der Waals surface area (Å²) < 4.78 is 35.5. The Morgan fingerprint density at radius 3 is 2.12 bits per heavy atom. The van der Waals surface area contributed by atoms with Crippen molar-refractivity contribution < 1.29 is 12.8 Å². The first-order valence-electron chi connectivity index (χ1n) is 11.4. The number of hydrogen-bond acceptors (Lipinski definition) is 3. The fourth-order valence-electron chi connectivity index (χ4n) is 3.45. The van der Waals surface area contributed by atoms with E-state index in [1.54, 1.807) is 30.3 Å². The lowest BCUT2D eigenvalue weighted by molar-refractivity contribution is 0.459. The van der Waals surface area contributed by atoms with Gasteiger partial charge in [0.1, 0.15) is 5.76 Å². The standard InChI is InChI=1S/C28H35NO3SSi/c1-9-18-29(33(30,31)25-16-14-21(2)15-17-25)27-20-24-13-11-10-12-23(24)19-26(27)22(3)32-34(7,8)28(4,5)6/h9-17,19-20H,1,3,18H2,2,4-8H3. The minimum Gasteiger partial charge on any atom is -0.543 e. The van der Waals surface area contributed by atoms with Gasteiger partial charge in [-0.05, 0) is 60.1 Å². The van der Waals surface area contributed by atoms with Crippen molar-refractivity contribution in [3.63, 3.8) is 0 Å². The average Bonchev–Trinajstić information content (AvgIpc) is 2.75. The van der Waals surface area contributed by atoms with Gasteiger partial charge in [-0.25, -0.2) is 8.42 Å². The Kier molecular flexibility index (Phi) is 7.15. The first-order valence-corrected chi connectivity index (χ1v) is 15.7. The number of hydrogen-bond donors (Lipinski definition) is 0. The molecule has 3 rings (SSSR count). The van der Waals surface area contributed by atoms with E-state index in [2.05, 4.69) is 47.0 Å². The molecule has 0 N–H and O–H groups in total. The number of fused-ring (bicyclic) bond motifs is 1. The van der Waals surface area contributed by atoms with Crippen molar-refractivity contribution in [2.24, 2.45) is 0 Å². The maximum absolute atomic E-state index is 13.8. The van der Waals surface area contributed by atoms with Crippen LogP contribution in [0.1, 0.15) is 31.9 Å². The molecule has 0 spiro atoms. The van der Waals surface area contributed by atoms with E-state index < -0.39 is 18.3 Å². The third-order valence-electron chi connectivity index (χ3n) is 6.52. The normalized spacial score (nSPS) is 12.4. The molecule has 6 heteroatoms. The summed E-state index contributed by atoms with van der Waals surface area (Å²) in [5.74, 6) is 0.487. The lowest BCUT2D eigenvalue weighted by atomic mass is 10.0. The molecule has 0 bridgehead atoms. The van der Waals surface area contributed by atoms with Crippen LogP contribution in [0, 0.1) is 6.92 Å². The molecule has 0 amide bonds. The summed E-state index contributed by atoms with van der Waals surface area (Å²) in [6.45, 7) is 21.0. The van der Waals surface area contributed by atoms with Crippen LogP contribution in [-0.2, 0) is 14.4 Å². The Bertz CT molecular complexity index is 1320. The van der Waals surface area contributed by atoms with Crippen LogP contribution in [0.4, 0.5) is 5.69 Å². The van der Waals surface area contributed by atoms with E-state index in [-0.39, 0.29) is 16.5 Å². The molecule has 0 aliphatic rings. The molecule has 0 aliphatic carbocycles. The summed E-state index contributed by atoms with van der Waals surface area (Å²) in [6, 6.07) is 18.7.